The Morgan fingerprint density at radius 2 is 1.86 bits per heavy atom. The number of amides is 1. The number of carbonyl (C=O) groups excluding carboxylic acids is 1. The molecule has 4 nitrogen and oxygen atoms in total. The predicted octanol–water partition coefficient (Wildman–Crippen LogP) is 4.45. The molecular weight excluding hydrogens is 334 g/mol. The zero-order chi connectivity index (χ0) is 15.2. The molecule has 0 atom stereocenters. The van der Waals surface area contributed by atoms with Crippen LogP contribution in [0.1, 0.15) is 55.3 Å². The highest BCUT2D eigenvalue weighted by Crippen LogP contribution is 2.27. The normalized spacial score (nSPS) is 16.2. The summed E-state index contributed by atoms with van der Waals surface area (Å²) in [7, 11) is 0. The smallest absolute Gasteiger partial charge is 0.335 e. The van der Waals surface area contributed by atoms with Crippen LogP contribution in [0.25, 0.3) is 0 Å². The second-order valence-electron chi connectivity index (χ2n) is 5.61. The summed E-state index contributed by atoms with van der Waals surface area (Å²) in [6, 6.07) is 4.63. The van der Waals surface area contributed by atoms with Gasteiger partial charge in [-0.15, -0.1) is 0 Å². The van der Waals surface area contributed by atoms with E-state index in [0.29, 0.717) is 22.5 Å². The summed E-state index contributed by atoms with van der Waals surface area (Å²) in [6.45, 7) is 0. The molecule has 0 heterocycles. The van der Waals surface area contributed by atoms with Gasteiger partial charge in [0.05, 0.1) is 11.3 Å². The van der Waals surface area contributed by atoms with Crippen LogP contribution in [0.3, 0.4) is 0 Å². The van der Waals surface area contributed by atoms with Crippen molar-refractivity contribution in [1.82, 2.24) is 0 Å². The third kappa shape index (κ3) is 4.84. The fraction of sp³-hybridized carbons (Fsp3) is 0.500. The molecule has 2 rings (SSSR count). The van der Waals surface area contributed by atoms with Crippen molar-refractivity contribution in [3.8, 4) is 0 Å². The second kappa shape index (κ2) is 7.59. The molecule has 5 heteroatoms. The fourth-order valence-corrected chi connectivity index (χ4v) is 3.13. The number of hydrogen-bond acceptors (Lipinski definition) is 2. The van der Waals surface area contributed by atoms with Crippen LogP contribution in [-0.4, -0.2) is 17.0 Å². The van der Waals surface area contributed by atoms with Crippen molar-refractivity contribution < 1.29 is 14.7 Å². The van der Waals surface area contributed by atoms with E-state index >= 15 is 0 Å². The minimum absolute atomic E-state index is 0.0369. The van der Waals surface area contributed by atoms with Gasteiger partial charge < -0.3 is 10.4 Å². The molecule has 0 aromatic heterocycles. The number of rotatable bonds is 4. The molecule has 114 valence electrons. The summed E-state index contributed by atoms with van der Waals surface area (Å²) in [4.78, 5) is 23.1. The number of anilines is 1. The molecule has 1 aromatic rings. The maximum atomic E-state index is 12.1. The van der Waals surface area contributed by atoms with E-state index < -0.39 is 5.97 Å². The molecule has 0 radical (unpaired) electrons. The van der Waals surface area contributed by atoms with Crippen molar-refractivity contribution in [2.75, 3.05) is 5.32 Å². The van der Waals surface area contributed by atoms with Crippen LogP contribution in [-0.2, 0) is 4.79 Å². The Labute approximate surface area is 133 Å². The Hall–Kier alpha value is -1.36. The summed E-state index contributed by atoms with van der Waals surface area (Å²) in [6.07, 6.45) is 7.69. The van der Waals surface area contributed by atoms with Crippen LogP contribution in [0, 0.1) is 5.92 Å². The third-order valence-corrected chi connectivity index (χ3v) is 4.63. The molecule has 1 aliphatic carbocycles. The van der Waals surface area contributed by atoms with E-state index in [4.69, 9.17) is 5.11 Å². The van der Waals surface area contributed by atoms with Gasteiger partial charge in [0, 0.05) is 10.9 Å². The number of aromatic carboxylic acids is 1. The van der Waals surface area contributed by atoms with Gasteiger partial charge in [-0.05, 0) is 52.9 Å². The number of carboxylic acid groups (broad SMARTS) is 1. The third-order valence-electron chi connectivity index (χ3n) is 3.94. The van der Waals surface area contributed by atoms with Crippen molar-refractivity contribution in [2.45, 2.75) is 44.9 Å². The molecule has 1 amide bonds. The van der Waals surface area contributed by atoms with Gasteiger partial charge in [-0.25, -0.2) is 4.79 Å². The quantitative estimate of drug-likeness (QED) is 0.786. The average molecular weight is 354 g/mol. The molecule has 1 aromatic carbocycles. The molecule has 2 N–H and O–H groups in total. The highest BCUT2D eigenvalue weighted by molar-refractivity contribution is 9.10. The molecule has 0 aliphatic heterocycles. The van der Waals surface area contributed by atoms with Gasteiger partial charge >= 0.3 is 5.97 Å². The molecule has 21 heavy (non-hydrogen) atoms. The Morgan fingerprint density at radius 1 is 1.19 bits per heavy atom. The van der Waals surface area contributed by atoms with E-state index in [2.05, 4.69) is 21.2 Å². The number of benzene rings is 1. The van der Waals surface area contributed by atoms with Crippen LogP contribution >= 0.6 is 15.9 Å². The maximum Gasteiger partial charge on any atom is 0.335 e. The van der Waals surface area contributed by atoms with Crippen molar-refractivity contribution in [2.24, 2.45) is 5.92 Å². The first-order valence-corrected chi connectivity index (χ1v) is 8.18. The zero-order valence-corrected chi connectivity index (χ0v) is 13.5. The van der Waals surface area contributed by atoms with Crippen LogP contribution in [0.2, 0.25) is 0 Å². The topological polar surface area (TPSA) is 66.4 Å². The summed E-state index contributed by atoms with van der Waals surface area (Å²) >= 11 is 3.34. The first-order valence-electron chi connectivity index (χ1n) is 7.39. The minimum Gasteiger partial charge on any atom is -0.478 e. The van der Waals surface area contributed by atoms with Crippen LogP contribution in [0.4, 0.5) is 5.69 Å². The Kier molecular flexibility index (Phi) is 5.79. The number of carboxylic acids is 1. The standard InChI is InChI=1S/C16H20BrNO3/c17-13-8-7-12(16(20)21)10-14(13)18-15(19)9-11-5-3-1-2-4-6-11/h7-8,10-11H,1-6,9H2,(H,18,19)(H,20,21). The summed E-state index contributed by atoms with van der Waals surface area (Å²) in [5.74, 6) is -0.583. The zero-order valence-electron chi connectivity index (χ0n) is 11.9. The molecule has 0 spiro atoms. The molecular formula is C16H20BrNO3. The predicted molar refractivity (Wildman–Crippen MR) is 85.5 cm³/mol. The summed E-state index contributed by atoms with van der Waals surface area (Å²) in [5, 5.41) is 11.8. The number of hydrogen-bond donors (Lipinski definition) is 2. The van der Waals surface area contributed by atoms with Gasteiger partial charge in [0.15, 0.2) is 0 Å². The van der Waals surface area contributed by atoms with Crippen molar-refractivity contribution in [3.05, 3.63) is 28.2 Å². The van der Waals surface area contributed by atoms with Crippen LogP contribution in [0.5, 0.6) is 0 Å². The van der Waals surface area contributed by atoms with Crippen LogP contribution < -0.4 is 5.32 Å². The van der Waals surface area contributed by atoms with Crippen molar-refractivity contribution in [3.63, 3.8) is 0 Å². The minimum atomic E-state index is -0.998. The molecule has 0 bridgehead atoms. The molecule has 1 saturated carbocycles. The van der Waals surface area contributed by atoms with E-state index in [0.717, 1.165) is 12.8 Å². The molecule has 1 fully saturated rings. The lowest BCUT2D eigenvalue weighted by Crippen LogP contribution is -2.17. The lowest BCUT2D eigenvalue weighted by Gasteiger charge is -2.14. The van der Waals surface area contributed by atoms with Gasteiger partial charge in [0.1, 0.15) is 0 Å². The van der Waals surface area contributed by atoms with E-state index in [1.54, 1.807) is 6.07 Å². The maximum absolute atomic E-state index is 12.1. The van der Waals surface area contributed by atoms with E-state index in [-0.39, 0.29) is 11.5 Å². The van der Waals surface area contributed by atoms with Gasteiger partial charge in [-0.2, -0.15) is 0 Å². The van der Waals surface area contributed by atoms with Crippen molar-refractivity contribution >= 4 is 33.5 Å². The Balaban J connectivity index is 1.98. The lowest BCUT2D eigenvalue weighted by molar-refractivity contribution is -0.117. The fourth-order valence-electron chi connectivity index (χ4n) is 2.79. The first-order chi connectivity index (χ1) is 10.1. The second-order valence-corrected chi connectivity index (χ2v) is 6.46. The first kappa shape index (κ1) is 16.0. The van der Waals surface area contributed by atoms with Crippen LogP contribution in [0.15, 0.2) is 22.7 Å². The largest absolute Gasteiger partial charge is 0.478 e. The van der Waals surface area contributed by atoms with Gasteiger partial charge in [-0.3, -0.25) is 4.79 Å². The highest BCUT2D eigenvalue weighted by atomic mass is 79.9. The van der Waals surface area contributed by atoms with E-state index in [1.807, 2.05) is 0 Å². The lowest BCUT2D eigenvalue weighted by atomic mass is 9.96. The molecule has 0 saturated heterocycles. The summed E-state index contributed by atoms with van der Waals surface area (Å²) < 4.78 is 0.696. The van der Waals surface area contributed by atoms with Gasteiger partial charge in [0.25, 0.3) is 0 Å². The molecule has 1 aliphatic rings. The van der Waals surface area contributed by atoms with Gasteiger partial charge in [-0.1, -0.05) is 25.7 Å². The number of carbonyl (C=O) groups is 2. The summed E-state index contributed by atoms with van der Waals surface area (Å²) in [5.41, 5.74) is 0.691. The van der Waals surface area contributed by atoms with Gasteiger partial charge in [0.2, 0.25) is 5.91 Å². The van der Waals surface area contributed by atoms with E-state index in [1.165, 1.54) is 37.8 Å². The SMILES string of the molecule is O=C(CC1CCCCCC1)Nc1cc(C(=O)O)ccc1Br. The number of nitrogens with one attached hydrogen (secondary N) is 1. The van der Waals surface area contributed by atoms with Crippen molar-refractivity contribution in [1.29, 1.82) is 0 Å². The highest BCUT2D eigenvalue weighted by Gasteiger charge is 2.17. The Bertz CT molecular complexity index is 522. The monoisotopic (exact) mass is 353 g/mol. The number of halogens is 1. The molecule has 0 unspecified atom stereocenters. The van der Waals surface area contributed by atoms with E-state index in [9.17, 15) is 9.59 Å². The average Bonchev–Trinajstić information content (AvgIpc) is 2.69. The Morgan fingerprint density at radius 3 is 2.48 bits per heavy atom.